The molecule has 1 amide bonds. The molecule has 0 spiro atoms. The summed E-state index contributed by atoms with van der Waals surface area (Å²) < 4.78 is 0. The Kier molecular flexibility index (Phi) is 6.06. The molecular weight excluding hydrogens is 276 g/mol. The summed E-state index contributed by atoms with van der Waals surface area (Å²) in [6, 6.07) is 5.01. The van der Waals surface area contributed by atoms with Gasteiger partial charge in [-0.1, -0.05) is 25.5 Å². The van der Waals surface area contributed by atoms with Crippen molar-refractivity contribution in [2.45, 2.75) is 25.8 Å². The number of aliphatic carboxylic acids is 1. The van der Waals surface area contributed by atoms with E-state index in [-0.39, 0.29) is 11.3 Å². The van der Waals surface area contributed by atoms with E-state index in [1.807, 2.05) is 6.92 Å². The molecule has 7 nitrogen and oxygen atoms in total. The van der Waals surface area contributed by atoms with Gasteiger partial charge in [-0.3, -0.25) is 14.9 Å². The molecule has 2 N–H and O–H groups in total. The first-order chi connectivity index (χ1) is 9.95. The molecule has 0 heterocycles. The van der Waals surface area contributed by atoms with Crippen LogP contribution in [-0.4, -0.2) is 27.9 Å². The van der Waals surface area contributed by atoms with Crippen LogP contribution in [0.2, 0.25) is 0 Å². The summed E-state index contributed by atoms with van der Waals surface area (Å²) in [5, 5.41) is 22.1. The van der Waals surface area contributed by atoms with Gasteiger partial charge >= 0.3 is 5.97 Å². The van der Waals surface area contributed by atoms with E-state index in [9.17, 15) is 19.7 Å². The Bertz CT molecular complexity index is 568. The van der Waals surface area contributed by atoms with Crippen molar-refractivity contribution in [3.8, 4) is 0 Å². The summed E-state index contributed by atoms with van der Waals surface area (Å²) in [7, 11) is 0. The van der Waals surface area contributed by atoms with Gasteiger partial charge in [0.25, 0.3) is 5.69 Å². The molecule has 0 aromatic heterocycles. The molecule has 0 aliphatic rings. The van der Waals surface area contributed by atoms with Crippen molar-refractivity contribution in [2.75, 3.05) is 0 Å². The van der Waals surface area contributed by atoms with E-state index >= 15 is 0 Å². The molecule has 0 saturated carbocycles. The molecule has 0 bridgehead atoms. The second kappa shape index (κ2) is 7.78. The van der Waals surface area contributed by atoms with Gasteiger partial charge in [0.1, 0.15) is 6.04 Å². The van der Waals surface area contributed by atoms with E-state index in [0.29, 0.717) is 12.8 Å². The maximum atomic E-state index is 11.7. The van der Waals surface area contributed by atoms with Crippen molar-refractivity contribution in [1.29, 1.82) is 0 Å². The maximum Gasteiger partial charge on any atom is 0.326 e. The lowest BCUT2D eigenvalue weighted by molar-refractivity contribution is -0.385. The first-order valence-electron chi connectivity index (χ1n) is 6.40. The third-order valence-electron chi connectivity index (χ3n) is 2.74. The summed E-state index contributed by atoms with van der Waals surface area (Å²) in [5.74, 6) is -1.71. The lowest BCUT2D eigenvalue weighted by Crippen LogP contribution is -2.39. The summed E-state index contributed by atoms with van der Waals surface area (Å²) in [6.45, 7) is 1.81. The van der Waals surface area contributed by atoms with E-state index in [2.05, 4.69) is 5.32 Å². The maximum absolute atomic E-state index is 11.7. The van der Waals surface area contributed by atoms with E-state index in [4.69, 9.17) is 5.11 Å². The fraction of sp³-hybridized carbons (Fsp3) is 0.286. The first kappa shape index (κ1) is 16.4. The van der Waals surface area contributed by atoms with Crippen molar-refractivity contribution >= 4 is 23.6 Å². The Hall–Kier alpha value is -2.70. The molecule has 7 heteroatoms. The Morgan fingerprint density at radius 3 is 2.67 bits per heavy atom. The second-order valence-corrected chi connectivity index (χ2v) is 4.34. The molecule has 1 atom stereocenters. The van der Waals surface area contributed by atoms with Crippen molar-refractivity contribution in [1.82, 2.24) is 5.32 Å². The summed E-state index contributed by atoms with van der Waals surface area (Å²) in [5.41, 5.74) is 0.157. The van der Waals surface area contributed by atoms with Crippen LogP contribution >= 0.6 is 0 Å². The number of nitrogens with zero attached hydrogens (tertiary/aromatic N) is 1. The summed E-state index contributed by atoms with van der Waals surface area (Å²) >= 11 is 0. The molecule has 112 valence electrons. The van der Waals surface area contributed by atoms with Crippen LogP contribution in [0, 0.1) is 10.1 Å². The van der Waals surface area contributed by atoms with Gasteiger partial charge in [-0.15, -0.1) is 0 Å². The number of benzene rings is 1. The average molecular weight is 292 g/mol. The number of nitro groups is 1. The fourth-order valence-corrected chi connectivity index (χ4v) is 1.73. The minimum absolute atomic E-state index is 0.120. The number of nitrogens with one attached hydrogen (secondary N) is 1. The van der Waals surface area contributed by atoms with Crippen molar-refractivity contribution < 1.29 is 19.6 Å². The van der Waals surface area contributed by atoms with Gasteiger partial charge in [-0.2, -0.15) is 0 Å². The van der Waals surface area contributed by atoms with Crippen molar-refractivity contribution in [3.05, 3.63) is 46.0 Å². The molecule has 1 rings (SSSR count). The number of nitro benzene ring substituents is 1. The molecule has 0 radical (unpaired) electrons. The number of para-hydroxylation sites is 1. The molecule has 0 saturated heterocycles. The quantitative estimate of drug-likeness (QED) is 0.453. The number of hydrogen-bond acceptors (Lipinski definition) is 4. The van der Waals surface area contributed by atoms with E-state index in [1.54, 1.807) is 6.07 Å². The molecule has 1 unspecified atom stereocenters. The third-order valence-corrected chi connectivity index (χ3v) is 2.74. The molecule has 21 heavy (non-hydrogen) atoms. The Morgan fingerprint density at radius 2 is 2.10 bits per heavy atom. The third kappa shape index (κ3) is 5.06. The number of carboxylic acid groups (broad SMARTS) is 1. The van der Waals surface area contributed by atoms with Crippen LogP contribution < -0.4 is 5.32 Å². The zero-order valence-electron chi connectivity index (χ0n) is 11.5. The molecule has 1 aromatic rings. The highest BCUT2D eigenvalue weighted by atomic mass is 16.6. The first-order valence-corrected chi connectivity index (χ1v) is 6.40. The number of hydrogen-bond donors (Lipinski definition) is 2. The van der Waals surface area contributed by atoms with Gasteiger partial charge in [0.15, 0.2) is 0 Å². The lowest BCUT2D eigenvalue weighted by Gasteiger charge is -2.11. The smallest absolute Gasteiger partial charge is 0.326 e. The number of rotatable bonds is 7. The summed E-state index contributed by atoms with van der Waals surface area (Å²) in [4.78, 5) is 32.8. The van der Waals surface area contributed by atoms with Crippen LogP contribution in [0.15, 0.2) is 30.3 Å². The van der Waals surface area contributed by atoms with Gasteiger partial charge in [0, 0.05) is 12.1 Å². The minimum atomic E-state index is -1.11. The van der Waals surface area contributed by atoms with Gasteiger partial charge in [-0.05, 0) is 18.6 Å². The molecule has 0 aliphatic carbocycles. The zero-order chi connectivity index (χ0) is 15.8. The van der Waals surface area contributed by atoms with E-state index < -0.39 is 22.8 Å². The zero-order valence-corrected chi connectivity index (χ0v) is 11.5. The van der Waals surface area contributed by atoms with Gasteiger partial charge in [0.05, 0.1) is 10.5 Å². The molecule has 1 aromatic carbocycles. The Labute approximate surface area is 121 Å². The van der Waals surface area contributed by atoms with Gasteiger partial charge < -0.3 is 10.4 Å². The average Bonchev–Trinajstić information content (AvgIpc) is 2.44. The van der Waals surface area contributed by atoms with Crippen LogP contribution in [-0.2, 0) is 9.59 Å². The highest BCUT2D eigenvalue weighted by molar-refractivity contribution is 5.94. The SMILES string of the molecule is CCCC(NC(=O)/C=C/c1ccccc1[N+](=O)[O-])C(=O)O. The second-order valence-electron chi connectivity index (χ2n) is 4.34. The predicted molar refractivity (Wildman–Crippen MR) is 76.6 cm³/mol. The molecule has 0 aliphatic heterocycles. The number of carbonyl (C=O) groups is 2. The van der Waals surface area contributed by atoms with Crippen LogP contribution in [0.3, 0.4) is 0 Å². The van der Waals surface area contributed by atoms with Crippen LogP contribution in [0.1, 0.15) is 25.3 Å². The number of carboxylic acids is 1. The van der Waals surface area contributed by atoms with Crippen molar-refractivity contribution in [2.24, 2.45) is 0 Å². The highest BCUT2D eigenvalue weighted by Gasteiger charge is 2.17. The van der Waals surface area contributed by atoms with Crippen LogP contribution in [0.5, 0.6) is 0 Å². The lowest BCUT2D eigenvalue weighted by atomic mass is 10.1. The monoisotopic (exact) mass is 292 g/mol. The topological polar surface area (TPSA) is 110 Å². The van der Waals surface area contributed by atoms with Crippen molar-refractivity contribution in [3.63, 3.8) is 0 Å². The molecular formula is C14H16N2O5. The minimum Gasteiger partial charge on any atom is -0.480 e. The van der Waals surface area contributed by atoms with Gasteiger partial charge in [-0.25, -0.2) is 4.79 Å². The largest absolute Gasteiger partial charge is 0.480 e. The number of amides is 1. The van der Waals surface area contributed by atoms with Crippen LogP contribution in [0.25, 0.3) is 6.08 Å². The Balaban J connectivity index is 2.79. The standard InChI is InChI=1S/C14H16N2O5/c1-2-5-11(14(18)19)15-13(17)9-8-10-6-3-4-7-12(10)16(20)21/h3-4,6-9,11H,2,5H2,1H3,(H,15,17)(H,18,19)/b9-8+. The van der Waals surface area contributed by atoms with E-state index in [0.717, 1.165) is 6.08 Å². The predicted octanol–water partition coefficient (Wildman–Crippen LogP) is 1.98. The Morgan fingerprint density at radius 1 is 1.43 bits per heavy atom. The molecule has 0 fully saturated rings. The van der Waals surface area contributed by atoms with Gasteiger partial charge in [0.2, 0.25) is 5.91 Å². The number of carbonyl (C=O) groups excluding carboxylic acids is 1. The highest BCUT2D eigenvalue weighted by Crippen LogP contribution is 2.18. The summed E-state index contributed by atoms with van der Waals surface area (Å²) in [6.07, 6.45) is 3.32. The van der Waals surface area contributed by atoms with Crippen LogP contribution in [0.4, 0.5) is 5.69 Å². The normalized spacial score (nSPS) is 12.0. The van der Waals surface area contributed by atoms with E-state index in [1.165, 1.54) is 24.3 Å². The fourth-order valence-electron chi connectivity index (χ4n) is 1.73.